The van der Waals surface area contributed by atoms with Crippen molar-refractivity contribution in [3.63, 3.8) is 0 Å². The number of carbonyl (C=O) groups is 1. The summed E-state index contributed by atoms with van der Waals surface area (Å²) in [6, 6.07) is 13.9. The molecule has 0 fully saturated rings. The van der Waals surface area contributed by atoms with Crippen molar-refractivity contribution >= 4 is 17.3 Å². The summed E-state index contributed by atoms with van der Waals surface area (Å²) in [5.41, 5.74) is 3.66. The monoisotopic (exact) mass is 363 g/mol. The number of pyridine rings is 1. The molecule has 1 atom stereocenters. The molecule has 4 rings (SSSR count). The second-order valence-electron chi connectivity index (χ2n) is 6.61. The van der Waals surface area contributed by atoms with E-state index in [1.54, 1.807) is 37.8 Å². The van der Waals surface area contributed by atoms with E-state index in [1.165, 1.54) is 11.3 Å². The minimum atomic E-state index is -0.217. The maximum atomic E-state index is 12.7. The van der Waals surface area contributed by atoms with Crippen LogP contribution >= 0.6 is 0 Å². The summed E-state index contributed by atoms with van der Waals surface area (Å²) in [4.78, 5) is 19.1. The average Bonchev–Trinajstić information content (AvgIpc) is 3.27. The molecular formula is C21H21N3O3. The zero-order chi connectivity index (χ0) is 18.8. The quantitative estimate of drug-likeness (QED) is 0.745. The number of amides is 1. The van der Waals surface area contributed by atoms with Gasteiger partial charge in [0, 0.05) is 17.8 Å². The largest absolute Gasteiger partial charge is 0.481 e. The molecule has 6 heteroatoms. The Labute approximate surface area is 157 Å². The van der Waals surface area contributed by atoms with E-state index in [0.29, 0.717) is 35.5 Å². The Balaban J connectivity index is 1.51. The number of hydrogen-bond donors (Lipinski definition) is 1. The molecule has 138 valence electrons. The molecule has 0 radical (unpaired) electrons. The highest BCUT2D eigenvalue weighted by Gasteiger charge is 2.28. The summed E-state index contributed by atoms with van der Waals surface area (Å²) in [5.74, 6) is 0.932. The van der Waals surface area contributed by atoms with Crippen molar-refractivity contribution in [3.05, 3.63) is 71.8 Å². The molecule has 27 heavy (non-hydrogen) atoms. The third-order valence-electron chi connectivity index (χ3n) is 4.86. The van der Waals surface area contributed by atoms with Gasteiger partial charge in [-0.25, -0.2) is 4.98 Å². The first-order valence-electron chi connectivity index (χ1n) is 8.88. The zero-order valence-electron chi connectivity index (χ0n) is 15.3. The van der Waals surface area contributed by atoms with E-state index in [9.17, 15) is 4.79 Å². The highest BCUT2D eigenvalue weighted by Crippen LogP contribution is 2.33. The Hall–Kier alpha value is -3.28. The van der Waals surface area contributed by atoms with Crippen LogP contribution < -0.4 is 15.0 Å². The van der Waals surface area contributed by atoms with Crippen LogP contribution in [0.5, 0.6) is 5.88 Å². The summed E-state index contributed by atoms with van der Waals surface area (Å²) in [7, 11) is 1.55. The number of para-hydroxylation sites is 1. The summed E-state index contributed by atoms with van der Waals surface area (Å²) < 4.78 is 10.7. The molecule has 0 saturated carbocycles. The van der Waals surface area contributed by atoms with Crippen LogP contribution in [0.25, 0.3) is 0 Å². The second kappa shape index (κ2) is 7.15. The predicted molar refractivity (Wildman–Crippen MR) is 103 cm³/mol. The number of methoxy groups -OCH3 is 1. The molecule has 3 aromatic rings. The topological polar surface area (TPSA) is 67.6 Å². The molecule has 0 aliphatic carbocycles. The smallest absolute Gasteiger partial charge is 0.259 e. The SMILES string of the molecule is COc1ccc(NC(=O)c2ccoc2CN2c3ccccc3CC2C)cn1. The van der Waals surface area contributed by atoms with Gasteiger partial charge in [-0.15, -0.1) is 0 Å². The van der Waals surface area contributed by atoms with Gasteiger partial charge in [-0.2, -0.15) is 0 Å². The normalized spacial score (nSPS) is 15.5. The van der Waals surface area contributed by atoms with Crippen molar-refractivity contribution < 1.29 is 13.9 Å². The average molecular weight is 363 g/mol. The van der Waals surface area contributed by atoms with Crippen molar-refractivity contribution in [2.75, 3.05) is 17.3 Å². The molecule has 0 spiro atoms. The van der Waals surface area contributed by atoms with Crippen LogP contribution in [0.15, 0.2) is 59.3 Å². The standard InChI is InChI=1S/C21H21N3O3/c1-14-11-15-5-3-4-6-18(15)24(14)13-19-17(9-10-27-19)21(25)23-16-7-8-20(26-2)22-12-16/h3-10,12,14H,11,13H2,1-2H3,(H,23,25). The molecule has 1 N–H and O–H groups in total. The van der Waals surface area contributed by atoms with Gasteiger partial charge in [0.2, 0.25) is 5.88 Å². The first kappa shape index (κ1) is 17.1. The summed E-state index contributed by atoms with van der Waals surface area (Å²) in [6.07, 6.45) is 4.12. The molecule has 0 saturated heterocycles. The second-order valence-corrected chi connectivity index (χ2v) is 6.61. The van der Waals surface area contributed by atoms with Crippen molar-refractivity contribution in [1.82, 2.24) is 4.98 Å². The van der Waals surface area contributed by atoms with E-state index in [2.05, 4.69) is 40.3 Å². The lowest BCUT2D eigenvalue weighted by Crippen LogP contribution is -2.29. The van der Waals surface area contributed by atoms with Gasteiger partial charge in [0.25, 0.3) is 5.91 Å². The highest BCUT2D eigenvalue weighted by atomic mass is 16.5. The number of anilines is 2. The van der Waals surface area contributed by atoms with Crippen LogP contribution in [-0.2, 0) is 13.0 Å². The number of nitrogens with zero attached hydrogens (tertiary/aromatic N) is 2. The maximum absolute atomic E-state index is 12.7. The third kappa shape index (κ3) is 3.38. The van der Waals surface area contributed by atoms with E-state index in [-0.39, 0.29) is 5.91 Å². The fourth-order valence-corrected chi connectivity index (χ4v) is 3.46. The lowest BCUT2D eigenvalue weighted by Gasteiger charge is -2.24. The van der Waals surface area contributed by atoms with Crippen LogP contribution in [0.2, 0.25) is 0 Å². The first-order valence-corrected chi connectivity index (χ1v) is 8.88. The first-order chi connectivity index (χ1) is 13.2. The fourth-order valence-electron chi connectivity index (χ4n) is 3.46. The molecule has 1 unspecified atom stereocenters. The Morgan fingerprint density at radius 2 is 2.15 bits per heavy atom. The number of furan rings is 1. The molecule has 1 amide bonds. The Bertz CT molecular complexity index is 949. The number of ether oxygens (including phenoxy) is 1. The molecule has 6 nitrogen and oxygen atoms in total. The van der Waals surface area contributed by atoms with Gasteiger partial charge >= 0.3 is 0 Å². The number of benzene rings is 1. The van der Waals surface area contributed by atoms with Crippen LogP contribution in [0, 0.1) is 0 Å². The zero-order valence-corrected chi connectivity index (χ0v) is 15.3. The number of aromatic nitrogens is 1. The van der Waals surface area contributed by atoms with Crippen molar-refractivity contribution in [2.45, 2.75) is 25.9 Å². The van der Waals surface area contributed by atoms with Crippen LogP contribution in [-0.4, -0.2) is 24.0 Å². The number of rotatable bonds is 5. The van der Waals surface area contributed by atoms with Gasteiger partial charge in [0.15, 0.2) is 0 Å². The fraction of sp³-hybridized carbons (Fsp3) is 0.238. The molecular weight excluding hydrogens is 342 g/mol. The van der Waals surface area contributed by atoms with Gasteiger partial charge < -0.3 is 19.4 Å². The molecule has 1 aliphatic heterocycles. The predicted octanol–water partition coefficient (Wildman–Crippen LogP) is 3.89. The lowest BCUT2D eigenvalue weighted by atomic mass is 10.1. The van der Waals surface area contributed by atoms with E-state index in [0.717, 1.165) is 6.42 Å². The Kier molecular flexibility index (Phi) is 4.54. The molecule has 2 aromatic heterocycles. The van der Waals surface area contributed by atoms with Crippen LogP contribution in [0.1, 0.15) is 28.6 Å². The van der Waals surface area contributed by atoms with E-state index in [1.807, 2.05) is 6.07 Å². The van der Waals surface area contributed by atoms with Gasteiger partial charge in [-0.1, -0.05) is 18.2 Å². The molecule has 1 aliphatic rings. The number of hydrogen-bond acceptors (Lipinski definition) is 5. The van der Waals surface area contributed by atoms with Crippen molar-refractivity contribution in [2.24, 2.45) is 0 Å². The minimum absolute atomic E-state index is 0.217. The number of nitrogens with one attached hydrogen (secondary N) is 1. The number of fused-ring (bicyclic) bond motifs is 1. The molecule has 0 bridgehead atoms. The van der Waals surface area contributed by atoms with Crippen LogP contribution in [0.3, 0.4) is 0 Å². The summed E-state index contributed by atoms with van der Waals surface area (Å²) >= 11 is 0. The van der Waals surface area contributed by atoms with Crippen LogP contribution in [0.4, 0.5) is 11.4 Å². The van der Waals surface area contributed by atoms with Gasteiger partial charge in [-0.05, 0) is 37.1 Å². The Morgan fingerprint density at radius 1 is 1.30 bits per heavy atom. The van der Waals surface area contributed by atoms with Crippen molar-refractivity contribution in [3.8, 4) is 5.88 Å². The number of carbonyl (C=O) groups excluding carboxylic acids is 1. The molecule has 3 heterocycles. The Morgan fingerprint density at radius 3 is 2.93 bits per heavy atom. The summed E-state index contributed by atoms with van der Waals surface area (Å²) in [5, 5.41) is 2.86. The summed E-state index contributed by atoms with van der Waals surface area (Å²) in [6.45, 7) is 2.74. The minimum Gasteiger partial charge on any atom is -0.481 e. The third-order valence-corrected chi connectivity index (χ3v) is 4.86. The van der Waals surface area contributed by atoms with E-state index in [4.69, 9.17) is 9.15 Å². The van der Waals surface area contributed by atoms with E-state index >= 15 is 0 Å². The lowest BCUT2D eigenvalue weighted by molar-refractivity contribution is 0.102. The van der Waals surface area contributed by atoms with Crippen molar-refractivity contribution in [1.29, 1.82) is 0 Å². The molecule has 1 aromatic carbocycles. The maximum Gasteiger partial charge on any atom is 0.259 e. The van der Waals surface area contributed by atoms with E-state index < -0.39 is 0 Å². The van der Waals surface area contributed by atoms with Gasteiger partial charge in [0.1, 0.15) is 5.76 Å². The highest BCUT2D eigenvalue weighted by molar-refractivity contribution is 6.04. The van der Waals surface area contributed by atoms with Gasteiger partial charge in [-0.3, -0.25) is 4.79 Å². The van der Waals surface area contributed by atoms with Gasteiger partial charge in [0.05, 0.1) is 37.4 Å².